The van der Waals surface area contributed by atoms with E-state index in [2.05, 4.69) is 21.3 Å². The molecule has 11 heteroatoms. The van der Waals surface area contributed by atoms with Gasteiger partial charge in [0.05, 0.1) is 6.61 Å². The molecule has 0 radical (unpaired) electrons. The molecule has 0 aromatic heterocycles. The van der Waals surface area contributed by atoms with Crippen LogP contribution in [0, 0.1) is 11.8 Å². The first-order valence-corrected chi connectivity index (χ1v) is 14.9. The number of nitrogens with one attached hydrogen (secondary N) is 4. The molecule has 11 nitrogen and oxygen atoms in total. The van der Waals surface area contributed by atoms with Gasteiger partial charge in [0.15, 0.2) is 6.61 Å². The number of carbonyl (C=O) groups excluding carboxylic acids is 5. The van der Waals surface area contributed by atoms with Gasteiger partial charge in [0, 0.05) is 31.0 Å². The Bertz CT molecular complexity index is 1280. The van der Waals surface area contributed by atoms with E-state index in [1.54, 1.807) is 45.0 Å². The van der Waals surface area contributed by atoms with Gasteiger partial charge in [0.1, 0.15) is 17.8 Å². The summed E-state index contributed by atoms with van der Waals surface area (Å²) in [5.74, 6) is -2.30. The highest BCUT2D eigenvalue weighted by atomic mass is 16.5. The molecule has 4 atom stereocenters. The average Bonchev–Trinajstić information content (AvgIpc) is 3.41. The predicted octanol–water partition coefficient (Wildman–Crippen LogP) is 2.06. The number of benzene rings is 2. The summed E-state index contributed by atoms with van der Waals surface area (Å²) in [7, 11) is 0. The molecule has 0 spiro atoms. The maximum atomic E-state index is 13.7. The van der Waals surface area contributed by atoms with E-state index in [1.165, 1.54) is 12.2 Å². The number of hydrogen-bond acceptors (Lipinski definition) is 7. The quantitative estimate of drug-likeness (QED) is 0.169. The van der Waals surface area contributed by atoms with Gasteiger partial charge in [-0.25, -0.2) is 4.79 Å². The highest BCUT2D eigenvalue weighted by molar-refractivity contribution is 5.93. The Morgan fingerprint density at radius 3 is 2.25 bits per heavy atom. The molecule has 3 rings (SSSR count). The van der Waals surface area contributed by atoms with Crippen molar-refractivity contribution in [2.24, 2.45) is 11.8 Å². The molecule has 0 bridgehead atoms. The summed E-state index contributed by atoms with van der Waals surface area (Å²) in [5, 5.41) is 11.2. The average molecular weight is 607 g/mol. The van der Waals surface area contributed by atoms with E-state index in [0.29, 0.717) is 18.7 Å². The van der Waals surface area contributed by atoms with Crippen LogP contribution in [0.4, 0.5) is 0 Å². The van der Waals surface area contributed by atoms with Crippen molar-refractivity contribution in [3.63, 3.8) is 0 Å². The Labute approximate surface area is 258 Å². The standard InChI is InChI=1S/C33H42N4O7/c1-4-43-29(39)16-15-25(20-24-17-18-34-31(24)40)35-32(41)27(19-23-11-7-5-8-12-23)36-33(42)30(22(2)3)37-28(38)21-44-26-13-9-6-10-14-26/h5-16,22,24-25,27,30H,4,17-21H2,1-3H3,(H,34,40)(H,35,41)(H,36,42)(H,37,38)/b16-15+. The van der Waals surface area contributed by atoms with Gasteiger partial charge in [0.2, 0.25) is 17.7 Å². The third kappa shape index (κ3) is 11.2. The summed E-state index contributed by atoms with van der Waals surface area (Å²) in [5.41, 5.74) is 0.808. The van der Waals surface area contributed by atoms with Crippen LogP contribution in [0.1, 0.15) is 39.2 Å². The minimum Gasteiger partial charge on any atom is -0.484 e. The van der Waals surface area contributed by atoms with E-state index in [9.17, 15) is 24.0 Å². The second-order valence-corrected chi connectivity index (χ2v) is 10.9. The zero-order valence-electron chi connectivity index (χ0n) is 25.4. The molecule has 236 valence electrons. The van der Waals surface area contributed by atoms with Crippen LogP contribution in [0.15, 0.2) is 72.8 Å². The lowest BCUT2D eigenvalue weighted by atomic mass is 9.97. The largest absolute Gasteiger partial charge is 0.484 e. The van der Waals surface area contributed by atoms with E-state index in [-0.39, 0.29) is 43.8 Å². The lowest BCUT2D eigenvalue weighted by Crippen LogP contribution is -2.57. The normalized spacial score (nSPS) is 16.5. The molecule has 1 aliphatic rings. The molecular weight excluding hydrogens is 564 g/mol. The van der Waals surface area contributed by atoms with E-state index < -0.39 is 41.8 Å². The minimum absolute atomic E-state index is 0.116. The van der Waals surface area contributed by atoms with Crippen molar-refractivity contribution in [2.45, 2.75) is 58.2 Å². The molecular formula is C33H42N4O7. The molecule has 1 aliphatic heterocycles. The monoisotopic (exact) mass is 606 g/mol. The van der Waals surface area contributed by atoms with Crippen molar-refractivity contribution in [3.05, 3.63) is 78.4 Å². The van der Waals surface area contributed by atoms with Crippen LogP contribution in [0.2, 0.25) is 0 Å². The van der Waals surface area contributed by atoms with Gasteiger partial charge in [-0.05, 0) is 43.4 Å². The number of ether oxygens (including phenoxy) is 2. The second kappa shape index (κ2) is 17.4. The maximum absolute atomic E-state index is 13.7. The molecule has 2 aromatic carbocycles. The van der Waals surface area contributed by atoms with Crippen LogP contribution in [0.3, 0.4) is 0 Å². The molecule has 4 unspecified atom stereocenters. The summed E-state index contributed by atoms with van der Waals surface area (Å²) in [6, 6.07) is 15.4. The fraction of sp³-hybridized carbons (Fsp3) is 0.424. The first kappa shape index (κ1) is 33.8. The number of hydrogen-bond donors (Lipinski definition) is 4. The zero-order chi connectivity index (χ0) is 31.9. The SMILES string of the molecule is CCOC(=O)/C=C/C(CC1CCNC1=O)NC(=O)C(Cc1ccccc1)NC(=O)C(NC(=O)COc1ccccc1)C(C)C. The van der Waals surface area contributed by atoms with E-state index >= 15 is 0 Å². The molecule has 0 saturated carbocycles. The predicted molar refractivity (Wildman–Crippen MR) is 164 cm³/mol. The summed E-state index contributed by atoms with van der Waals surface area (Å²) in [6.45, 7) is 5.72. The third-order valence-electron chi connectivity index (χ3n) is 7.07. The molecule has 4 N–H and O–H groups in total. The third-order valence-corrected chi connectivity index (χ3v) is 7.07. The van der Waals surface area contributed by atoms with E-state index in [4.69, 9.17) is 9.47 Å². The van der Waals surface area contributed by atoms with Crippen LogP contribution >= 0.6 is 0 Å². The van der Waals surface area contributed by atoms with E-state index in [1.807, 2.05) is 36.4 Å². The van der Waals surface area contributed by atoms with Crippen LogP contribution in [0.25, 0.3) is 0 Å². The zero-order valence-corrected chi connectivity index (χ0v) is 25.4. The van der Waals surface area contributed by atoms with E-state index in [0.717, 1.165) is 5.56 Å². The summed E-state index contributed by atoms with van der Waals surface area (Å²) in [6.07, 6.45) is 3.78. The van der Waals surface area contributed by atoms with Crippen LogP contribution in [0.5, 0.6) is 5.75 Å². The fourth-order valence-electron chi connectivity index (χ4n) is 4.77. The highest BCUT2D eigenvalue weighted by Gasteiger charge is 2.32. The molecule has 1 fully saturated rings. The van der Waals surface area contributed by atoms with Gasteiger partial charge in [-0.15, -0.1) is 0 Å². The Morgan fingerprint density at radius 1 is 0.955 bits per heavy atom. The summed E-state index contributed by atoms with van der Waals surface area (Å²) in [4.78, 5) is 64.2. The fourth-order valence-corrected chi connectivity index (χ4v) is 4.77. The Balaban J connectivity index is 1.75. The van der Waals surface area contributed by atoms with Crippen molar-refractivity contribution in [1.29, 1.82) is 0 Å². The molecule has 2 aromatic rings. The molecule has 4 amide bonds. The first-order chi connectivity index (χ1) is 21.2. The van der Waals surface area contributed by atoms with Gasteiger partial charge in [-0.3, -0.25) is 19.2 Å². The Morgan fingerprint density at radius 2 is 1.64 bits per heavy atom. The summed E-state index contributed by atoms with van der Waals surface area (Å²) >= 11 is 0. The second-order valence-electron chi connectivity index (χ2n) is 10.9. The van der Waals surface area contributed by atoms with Gasteiger partial charge in [-0.1, -0.05) is 68.5 Å². The van der Waals surface area contributed by atoms with Crippen LogP contribution in [-0.2, 0) is 35.1 Å². The molecule has 44 heavy (non-hydrogen) atoms. The van der Waals surface area contributed by atoms with Crippen molar-refractivity contribution < 1.29 is 33.4 Å². The maximum Gasteiger partial charge on any atom is 0.330 e. The van der Waals surface area contributed by atoms with Crippen LogP contribution in [-0.4, -0.2) is 67.5 Å². The number of carbonyl (C=O) groups is 5. The van der Waals surface area contributed by atoms with Crippen molar-refractivity contribution in [3.8, 4) is 5.75 Å². The highest BCUT2D eigenvalue weighted by Crippen LogP contribution is 2.17. The van der Waals surface area contributed by atoms with Crippen molar-refractivity contribution in [1.82, 2.24) is 21.3 Å². The van der Waals surface area contributed by atoms with Crippen molar-refractivity contribution in [2.75, 3.05) is 19.8 Å². The number of rotatable bonds is 16. The molecule has 1 heterocycles. The minimum atomic E-state index is -1.01. The molecule has 1 saturated heterocycles. The van der Waals surface area contributed by atoms with Gasteiger partial charge >= 0.3 is 5.97 Å². The summed E-state index contributed by atoms with van der Waals surface area (Å²) < 4.78 is 10.5. The van der Waals surface area contributed by atoms with Gasteiger partial charge in [0.25, 0.3) is 5.91 Å². The molecule has 0 aliphatic carbocycles. The first-order valence-electron chi connectivity index (χ1n) is 14.9. The van der Waals surface area contributed by atoms with Crippen molar-refractivity contribution >= 4 is 29.6 Å². The van der Waals surface area contributed by atoms with Gasteiger partial charge < -0.3 is 30.7 Å². The van der Waals surface area contributed by atoms with Crippen LogP contribution < -0.4 is 26.0 Å². The number of amides is 4. The van der Waals surface area contributed by atoms with Gasteiger partial charge in [-0.2, -0.15) is 0 Å². The smallest absolute Gasteiger partial charge is 0.330 e. The Kier molecular flexibility index (Phi) is 13.4. The lowest BCUT2D eigenvalue weighted by molar-refractivity contribution is -0.137. The topological polar surface area (TPSA) is 152 Å². The number of esters is 1. The Hall–Kier alpha value is -4.67. The lowest BCUT2D eigenvalue weighted by Gasteiger charge is -2.27. The number of para-hydroxylation sites is 1.